The van der Waals surface area contributed by atoms with Crippen molar-refractivity contribution in [2.75, 3.05) is 52.8 Å². The smallest absolute Gasteiger partial charge is 0.265 e. The third-order valence-electron chi connectivity index (χ3n) is 3.40. The molecule has 1 heterocycles. The standard InChI is InChI=1S/C16H24N4O2/c1-18(2)16(19(3)4)17-10-7-11-20-13-8-5-6-9-14(13)22-12-15(20)21/h5-6,8-9H,7,10-12H2,1-4H3. The molecule has 0 aliphatic carbocycles. The quantitative estimate of drug-likeness (QED) is 0.478. The van der Waals surface area contributed by atoms with E-state index in [1.807, 2.05) is 62.3 Å². The number of anilines is 1. The minimum atomic E-state index is 0.00289. The number of ether oxygens (including phenoxy) is 1. The number of aliphatic imine (C=N–C) groups is 1. The van der Waals surface area contributed by atoms with Crippen LogP contribution in [0.3, 0.4) is 0 Å². The van der Waals surface area contributed by atoms with Crippen molar-refractivity contribution in [3.05, 3.63) is 24.3 Å². The predicted molar refractivity (Wildman–Crippen MR) is 88.6 cm³/mol. The summed E-state index contributed by atoms with van der Waals surface area (Å²) >= 11 is 0. The molecule has 2 rings (SSSR count). The maximum absolute atomic E-state index is 12.1. The second kappa shape index (κ2) is 7.15. The molecule has 0 unspecified atom stereocenters. The van der Waals surface area contributed by atoms with Gasteiger partial charge >= 0.3 is 0 Å². The van der Waals surface area contributed by atoms with Gasteiger partial charge in [0.25, 0.3) is 5.91 Å². The highest BCUT2D eigenvalue weighted by molar-refractivity contribution is 5.97. The van der Waals surface area contributed by atoms with Gasteiger partial charge in [-0.2, -0.15) is 0 Å². The van der Waals surface area contributed by atoms with Crippen LogP contribution in [-0.2, 0) is 4.79 Å². The summed E-state index contributed by atoms with van der Waals surface area (Å²) in [5.74, 6) is 1.70. The molecule has 1 aromatic carbocycles. The summed E-state index contributed by atoms with van der Waals surface area (Å²) in [5, 5.41) is 0. The van der Waals surface area contributed by atoms with Gasteiger partial charge in [-0.05, 0) is 18.6 Å². The Bertz CT molecular complexity index is 545. The molecular weight excluding hydrogens is 280 g/mol. The highest BCUT2D eigenvalue weighted by atomic mass is 16.5. The van der Waals surface area contributed by atoms with Crippen LogP contribution in [0, 0.1) is 0 Å². The van der Waals surface area contributed by atoms with E-state index in [1.165, 1.54) is 0 Å². The Morgan fingerprint density at radius 2 is 1.91 bits per heavy atom. The van der Waals surface area contributed by atoms with Gasteiger partial charge in [-0.3, -0.25) is 9.79 Å². The minimum Gasteiger partial charge on any atom is -0.482 e. The van der Waals surface area contributed by atoms with Crippen LogP contribution in [0.4, 0.5) is 5.69 Å². The average molecular weight is 304 g/mol. The summed E-state index contributed by atoms with van der Waals surface area (Å²) in [5.41, 5.74) is 0.850. The second-order valence-corrected chi connectivity index (χ2v) is 5.63. The van der Waals surface area contributed by atoms with Gasteiger partial charge in [0.2, 0.25) is 0 Å². The SMILES string of the molecule is CN(C)C(=NCCCN1C(=O)COc2ccccc21)N(C)C. The molecule has 0 aromatic heterocycles. The van der Waals surface area contributed by atoms with E-state index < -0.39 is 0 Å². The van der Waals surface area contributed by atoms with E-state index in [2.05, 4.69) is 4.99 Å². The summed E-state index contributed by atoms with van der Waals surface area (Å²) in [4.78, 5) is 22.4. The number of hydrogen-bond acceptors (Lipinski definition) is 3. The maximum atomic E-state index is 12.1. The first-order chi connectivity index (χ1) is 10.5. The minimum absolute atomic E-state index is 0.00289. The molecule has 0 spiro atoms. The number of rotatable bonds is 4. The van der Waals surface area contributed by atoms with Gasteiger partial charge in [0.05, 0.1) is 5.69 Å². The van der Waals surface area contributed by atoms with Crippen LogP contribution in [0.1, 0.15) is 6.42 Å². The zero-order valence-corrected chi connectivity index (χ0v) is 13.7. The summed E-state index contributed by atoms with van der Waals surface area (Å²) in [7, 11) is 7.89. The first-order valence-electron chi connectivity index (χ1n) is 7.42. The molecule has 0 radical (unpaired) electrons. The van der Waals surface area contributed by atoms with Crippen LogP contribution in [0.2, 0.25) is 0 Å². The molecule has 0 N–H and O–H groups in total. The number of guanidine groups is 1. The molecule has 0 bridgehead atoms. The number of benzene rings is 1. The molecule has 6 nitrogen and oxygen atoms in total. The topological polar surface area (TPSA) is 48.4 Å². The molecule has 120 valence electrons. The number of amides is 1. The van der Waals surface area contributed by atoms with Crippen molar-refractivity contribution in [3.8, 4) is 5.75 Å². The fraction of sp³-hybridized carbons (Fsp3) is 0.500. The van der Waals surface area contributed by atoms with E-state index >= 15 is 0 Å². The Labute approximate surface area is 132 Å². The van der Waals surface area contributed by atoms with Crippen molar-refractivity contribution in [2.24, 2.45) is 4.99 Å². The fourth-order valence-corrected chi connectivity index (χ4v) is 2.49. The lowest BCUT2D eigenvalue weighted by atomic mass is 10.2. The Hall–Kier alpha value is -2.24. The number of hydrogen-bond donors (Lipinski definition) is 0. The first kappa shape index (κ1) is 16.1. The monoisotopic (exact) mass is 304 g/mol. The van der Waals surface area contributed by atoms with Crippen molar-refractivity contribution in [1.29, 1.82) is 0 Å². The number of para-hydroxylation sites is 2. The van der Waals surface area contributed by atoms with Crippen LogP contribution in [0.25, 0.3) is 0 Å². The molecule has 0 fully saturated rings. The first-order valence-corrected chi connectivity index (χ1v) is 7.42. The molecule has 22 heavy (non-hydrogen) atoms. The van der Waals surface area contributed by atoms with Gasteiger partial charge in [-0.25, -0.2) is 0 Å². The zero-order valence-electron chi connectivity index (χ0n) is 13.7. The largest absolute Gasteiger partial charge is 0.482 e. The normalized spacial score (nSPS) is 13.3. The van der Waals surface area contributed by atoms with Crippen molar-refractivity contribution in [2.45, 2.75) is 6.42 Å². The molecule has 1 amide bonds. The Balaban J connectivity index is 1.97. The molecule has 1 aliphatic rings. The van der Waals surface area contributed by atoms with E-state index in [1.54, 1.807) is 4.90 Å². The Kier molecular flexibility index (Phi) is 5.25. The van der Waals surface area contributed by atoms with E-state index in [4.69, 9.17) is 4.74 Å². The fourth-order valence-electron chi connectivity index (χ4n) is 2.49. The van der Waals surface area contributed by atoms with Crippen molar-refractivity contribution in [3.63, 3.8) is 0 Å². The van der Waals surface area contributed by atoms with Gasteiger partial charge in [-0.1, -0.05) is 12.1 Å². The Morgan fingerprint density at radius 1 is 1.23 bits per heavy atom. The third kappa shape index (κ3) is 3.69. The number of nitrogens with zero attached hydrogens (tertiary/aromatic N) is 4. The molecule has 0 atom stereocenters. The van der Waals surface area contributed by atoms with Gasteiger partial charge in [-0.15, -0.1) is 0 Å². The second-order valence-electron chi connectivity index (χ2n) is 5.63. The average Bonchev–Trinajstić information content (AvgIpc) is 2.48. The van der Waals surface area contributed by atoms with Crippen molar-refractivity contribution >= 4 is 17.6 Å². The molecular formula is C16H24N4O2. The van der Waals surface area contributed by atoms with Crippen LogP contribution < -0.4 is 9.64 Å². The summed E-state index contributed by atoms with van der Waals surface area (Å²) in [6.45, 7) is 1.44. The van der Waals surface area contributed by atoms with E-state index in [0.717, 1.165) is 23.8 Å². The van der Waals surface area contributed by atoms with Gasteiger partial charge in [0.15, 0.2) is 12.6 Å². The lowest BCUT2D eigenvalue weighted by Gasteiger charge is -2.29. The maximum Gasteiger partial charge on any atom is 0.265 e. The molecule has 1 aromatic rings. The summed E-state index contributed by atoms with van der Waals surface area (Å²) in [6, 6.07) is 7.64. The van der Waals surface area contributed by atoms with E-state index in [9.17, 15) is 4.79 Å². The summed E-state index contributed by atoms with van der Waals surface area (Å²) in [6.07, 6.45) is 0.811. The highest BCUT2D eigenvalue weighted by Gasteiger charge is 2.24. The van der Waals surface area contributed by atoms with E-state index in [0.29, 0.717) is 13.1 Å². The number of fused-ring (bicyclic) bond motifs is 1. The summed E-state index contributed by atoms with van der Waals surface area (Å²) < 4.78 is 5.44. The number of carbonyl (C=O) groups excluding carboxylic acids is 1. The lowest BCUT2D eigenvalue weighted by Crippen LogP contribution is -2.39. The van der Waals surface area contributed by atoms with Crippen LogP contribution in [-0.4, -0.2) is 69.6 Å². The molecule has 0 saturated carbocycles. The van der Waals surface area contributed by atoms with Crippen molar-refractivity contribution in [1.82, 2.24) is 9.80 Å². The van der Waals surface area contributed by atoms with Gasteiger partial charge in [0, 0.05) is 41.3 Å². The lowest BCUT2D eigenvalue weighted by molar-refractivity contribution is -0.121. The highest BCUT2D eigenvalue weighted by Crippen LogP contribution is 2.31. The van der Waals surface area contributed by atoms with Crippen LogP contribution >= 0.6 is 0 Å². The molecule has 0 saturated heterocycles. The predicted octanol–water partition coefficient (Wildman–Crippen LogP) is 1.28. The number of carbonyl (C=O) groups is 1. The van der Waals surface area contributed by atoms with Gasteiger partial charge in [0.1, 0.15) is 5.75 Å². The van der Waals surface area contributed by atoms with Crippen LogP contribution in [0.15, 0.2) is 29.3 Å². The van der Waals surface area contributed by atoms with Crippen molar-refractivity contribution < 1.29 is 9.53 Å². The van der Waals surface area contributed by atoms with Crippen LogP contribution in [0.5, 0.6) is 5.75 Å². The van der Waals surface area contributed by atoms with Gasteiger partial charge < -0.3 is 19.4 Å². The Morgan fingerprint density at radius 3 is 2.59 bits per heavy atom. The molecule has 6 heteroatoms. The zero-order chi connectivity index (χ0) is 16.1. The third-order valence-corrected chi connectivity index (χ3v) is 3.40. The van der Waals surface area contributed by atoms with E-state index in [-0.39, 0.29) is 12.5 Å². The molecule has 1 aliphatic heterocycles.